The number of allylic oxidation sites excluding steroid dienone is 1. The number of thiazole rings is 1. The molecule has 7 rings (SSSR count). The highest BCUT2D eigenvalue weighted by molar-refractivity contribution is 7.13. The van der Waals surface area contributed by atoms with Gasteiger partial charge in [-0.1, -0.05) is 6.58 Å². The number of rotatable bonds is 8. The van der Waals surface area contributed by atoms with Crippen molar-refractivity contribution in [3.05, 3.63) is 88.2 Å². The average molecular weight is 642 g/mol. The topological polar surface area (TPSA) is 110 Å². The van der Waals surface area contributed by atoms with Gasteiger partial charge in [-0.25, -0.2) is 14.4 Å². The monoisotopic (exact) mass is 641 g/mol. The van der Waals surface area contributed by atoms with Gasteiger partial charge in [-0.2, -0.15) is 4.98 Å². The zero-order valence-electron chi connectivity index (χ0n) is 25.8. The Morgan fingerprint density at radius 1 is 1.15 bits per heavy atom. The van der Waals surface area contributed by atoms with Crippen molar-refractivity contribution in [3.8, 4) is 10.8 Å². The molecule has 1 aromatic carbocycles. The van der Waals surface area contributed by atoms with E-state index in [9.17, 15) is 4.79 Å². The number of halogens is 1. The van der Waals surface area contributed by atoms with Gasteiger partial charge in [0.25, 0.3) is 5.56 Å². The van der Waals surface area contributed by atoms with Gasteiger partial charge in [-0.3, -0.25) is 9.36 Å². The van der Waals surface area contributed by atoms with Crippen LogP contribution in [0.25, 0.3) is 27.4 Å². The summed E-state index contributed by atoms with van der Waals surface area (Å²) in [5, 5.41) is 9.93. The Hall–Kier alpha value is -4.39. The highest BCUT2D eigenvalue weighted by atomic mass is 32.1. The van der Waals surface area contributed by atoms with E-state index in [-0.39, 0.29) is 41.9 Å². The minimum Gasteiger partial charge on any atom is -0.461 e. The third kappa shape index (κ3) is 6.07. The number of aromatic nitrogens is 4. The summed E-state index contributed by atoms with van der Waals surface area (Å²) in [7, 11) is 0. The van der Waals surface area contributed by atoms with Crippen LogP contribution in [0, 0.1) is 11.7 Å². The Balaban J connectivity index is 1.25. The number of fused-ring (bicyclic) bond motifs is 1. The maximum Gasteiger partial charge on any atom is 0.260 e. The molecule has 10 nitrogen and oxygen atoms in total. The average Bonchev–Trinajstić information content (AvgIpc) is 3.75. The zero-order valence-corrected chi connectivity index (χ0v) is 26.6. The molecule has 2 fully saturated rings. The lowest BCUT2D eigenvalue weighted by atomic mass is 9.88. The van der Waals surface area contributed by atoms with E-state index in [4.69, 9.17) is 14.1 Å². The maximum absolute atomic E-state index is 15.4. The molecule has 2 saturated heterocycles. The lowest BCUT2D eigenvalue weighted by Crippen LogP contribution is -2.54. The third-order valence-electron chi connectivity index (χ3n) is 8.69. The van der Waals surface area contributed by atoms with E-state index >= 15 is 4.39 Å². The van der Waals surface area contributed by atoms with Crippen LogP contribution >= 0.6 is 11.3 Å². The molecule has 2 N–H and O–H groups in total. The summed E-state index contributed by atoms with van der Waals surface area (Å²) in [6.07, 6.45) is 6.64. The van der Waals surface area contributed by atoms with Crippen molar-refractivity contribution >= 4 is 45.3 Å². The Bertz CT molecular complexity index is 1920. The molecule has 0 aliphatic carbocycles. The minimum atomic E-state index is -0.324. The van der Waals surface area contributed by atoms with Crippen LogP contribution in [0.3, 0.4) is 0 Å². The van der Waals surface area contributed by atoms with Gasteiger partial charge in [0, 0.05) is 78.4 Å². The molecule has 5 aromatic rings. The lowest BCUT2D eigenvalue weighted by Gasteiger charge is -2.37. The van der Waals surface area contributed by atoms with E-state index in [0.717, 1.165) is 42.1 Å². The molecule has 2 aliphatic rings. The van der Waals surface area contributed by atoms with E-state index in [2.05, 4.69) is 45.9 Å². The molecule has 0 unspecified atom stereocenters. The van der Waals surface area contributed by atoms with Gasteiger partial charge >= 0.3 is 0 Å². The zero-order chi connectivity index (χ0) is 31.8. The van der Waals surface area contributed by atoms with Gasteiger partial charge in [0.05, 0.1) is 18.5 Å². The summed E-state index contributed by atoms with van der Waals surface area (Å²) < 4.78 is 28.4. The van der Waals surface area contributed by atoms with Crippen LogP contribution in [0.15, 0.2) is 70.2 Å². The molecule has 12 heteroatoms. The number of nitrogens with zero attached hydrogens (tertiary/aromatic N) is 5. The van der Waals surface area contributed by atoms with Gasteiger partial charge in [0.2, 0.25) is 5.95 Å². The number of pyridine rings is 1. The normalized spacial score (nSPS) is 19.1. The second-order valence-electron chi connectivity index (χ2n) is 12.1. The summed E-state index contributed by atoms with van der Waals surface area (Å²) in [5.74, 6) is 0.690. The van der Waals surface area contributed by atoms with Crippen LogP contribution in [0.4, 0.5) is 21.7 Å². The fraction of sp³-hybridized carbons (Fsp3) is 0.353. The van der Waals surface area contributed by atoms with Crippen molar-refractivity contribution in [2.45, 2.75) is 45.3 Å². The number of ether oxygens (including phenoxy) is 1. The maximum atomic E-state index is 15.4. The van der Waals surface area contributed by atoms with Crippen LogP contribution in [0.5, 0.6) is 0 Å². The summed E-state index contributed by atoms with van der Waals surface area (Å²) in [5.41, 5.74) is 3.45. The second-order valence-corrected chi connectivity index (χ2v) is 13.0. The van der Waals surface area contributed by atoms with Gasteiger partial charge in [-0.05, 0) is 68.5 Å². The van der Waals surface area contributed by atoms with Gasteiger partial charge < -0.3 is 24.7 Å². The quantitative estimate of drug-likeness (QED) is 0.209. The molecule has 46 heavy (non-hydrogen) atoms. The fourth-order valence-electron chi connectivity index (χ4n) is 6.51. The summed E-state index contributed by atoms with van der Waals surface area (Å²) in [6.45, 7) is 11.5. The summed E-state index contributed by atoms with van der Waals surface area (Å²) >= 11 is 1.46. The Kier molecular flexibility index (Phi) is 8.41. The molecular weight excluding hydrogens is 605 g/mol. The van der Waals surface area contributed by atoms with Crippen molar-refractivity contribution in [1.29, 1.82) is 0 Å². The predicted molar refractivity (Wildman–Crippen MR) is 179 cm³/mol. The third-order valence-corrected chi connectivity index (χ3v) is 9.46. The first-order valence-electron chi connectivity index (χ1n) is 15.6. The molecule has 238 valence electrons. The lowest BCUT2D eigenvalue weighted by molar-refractivity contribution is 0.0808. The minimum absolute atomic E-state index is 0.152. The van der Waals surface area contributed by atoms with E-state index < -0.39 is 0 Å². The first kappa shape index (κ1) is 30.3. The highest BCUT2D eigenvalue weighted by Crippen LogP contribution is 2.32. The van der Waals surface area contributed by atoms with Crippen molar-refractivity contribution in [2.24, 2.45) is 5.92 Å². The molecule has 4 aromatic heterocycles. The standard InChI is InChI=1S/C34H36FN7O3S/c1-20-17-41(18-21(2)38-20)29-5-4-26(15-28(29)35)39-34-37-16-25-14-27(22(3)23-6-10-44-11-7-23)33(43)42(31(25)40-34)19-24-8-12-45-30(24)32-36-9-13-46-32/h4-5,8-9,12-16,20-21,23,38H,3,6-7,10-11,17-19H2,1-2H3,(H,37,39,40)/t20-,21+. The molecule has 2 aliphatic heterocycles. The molecule has 0 radical (unpaired) electrons. The molecule has 0 amide bonds. The fourth-order valence-corrected chi connectivity index (χ4v) is 7.17. The molecular formula is C34H36FN7O3S. The molecule has 0 saturated carbocycles. The first-order valence-corrected chi connectivity index (χ1v) is 16.4. The van der Waals surface area contributed by atoms with E-state index in [1.54, 1.807) is 29.3 Å². The van der Waals surface area contributed by atoms with Crippen molar-refractivity contribution < 1.29 is 13.5 Å². The number of nitrogens with one attached hydrogen (secondary N) is 2. The van der Waals surface area contributed by atoms with E-state index in [1.165, 1.54) is 17.4 Å². The smallest absolute Gasteiger partial charge is 0.260 e. The van der Waals surface area contributed by atoms with Gasteiger partial charge in [0.15, 0.2) is 10.8 Å². The largest absolute Gasteiger partial charge is 0.461 e. The number of anilines is 3. The SMILES string of the molecule is C=C(c1cc2cnc(Nc3ccc(N4C[C@@H](C)N[C@@H](C)C4)c(F)c3)nc2n(Cc2ccoc2-c2nccs2)c1=O)C1CCOCC1. The van der Waals surface area contributed by atoms with Crippen LogP contribution in [0.1, 0.15) is 37.8 Å². The Labute approximate surface area is 270 Å². The highest BCUT2D eigenvalue weighted by Gasteiger charge is 2.25. The van der Waals surface area contributed by atoms with Crippen molar-refractivity contribution in [1.82, 2.24) is 24.8 Å². The van der Waals surface area contributed by atoms with Crippen LogP contribution in [0.2, 0.25) is 0 Å². The van der Waals surface area contributed by atoms with E-state index in [0.29, 0.717) is 46.9 Å². The molecule has 2 atom stereocenters. The molecule has 0 spiro atoms. The first-order chi connectivity index (χ1) is 22.3. The summed E-state index contributed by atoms with van der Waals surface area (Å²) in [4.78, 5) is 30.0. The van der Waals surface area contributed by atoms with Crippen molar-refractivity contribution in [2.75, 3.05) is 36.5 Å². The number of benzene rings is 1. The number of piperazine rings is 1. The van der Waals surface area contributed by atoms with Crippen LogP contribution in [-0.2, 0) is 11.3 Å². The number of furan rings is 1. The van der Waals surface area contributed by atoms with Gasteiger partial charge in [0.1, 0.15) is 11.5 Å². The van der Waals surface area contributed by atoms with Gasteiger partial charge in [-0.15, -0.1) is 11.3 Å². The Morgan fingerprint density at radius 3 is 2.70 bits per heavy atom. The second kappa shape index (κ2) is 12.8. The van der Waals surface area contributed by atoms with Crippen LogP contribution in [-0.4, -0.2) is 57.9 Å². The predicted octanol–water partition coefficient (Wildman–Crippen LogP) is 6.07. The summed E-state index contributed by atoms with van der Waals surface area (Å²) in [6, 6.07) is 9.27. The molecule has 6 heterocycles. The number of hydrogen-bond donors (Lipinski definition) is 2. The van der Waals surface area contributed by atoms with Crippen LogP contribution < -0.4 is 21.1 Å². The number of hydrogen-bond acceptors (Lipinski definition) is 10. The van der Waals surface area contributed by atoms with Crippen molar-refractivity contribution in [3.63, 3.8) is 0 Å². The molecule has 0 bridgehead atoms. The Morgan fingerprint density at radius 2 is 1.96 bits per heavy atom. The van der Waals surface area contributed by atoms with E-state index in [1.807, 2.05) is 23.6 Å².